The Balaban J connectivity index is 2.23. The third kappa shape index (κ3) is 3.61. The Labute approximate surface area is 130 Å². The van der Waals surface area contributed by atoms with Crippen molar-refractivity contribution in [3.8, 4) is 11.5 Å². The summed E-state index contributed by atoms with van der Waals surface area (Å²) < 4.78 is 10.5. The van der Waals surface area contributed by atoms with E-state index >= 15 is 0 Å². The fourth-order valence-electron chi connectivity index (χ4n) is 2.65. The molecule has 0 bridgehead atoms. The Morgan fingerprint density at radius 1 is 1.19 bits per heavy atom. The van der Waals surface area contributed by atoms with Gasteiger partial charge in [-0.15, -0.1) is 0 Å². The minimum absolute atomic E-state index is 0.0114. The molecule has 118 valence electrons. The molecule has 6 heteroatoms. The molecule has 21 heavy (non-hydrogen) atoms. The number of benzene rings is 1. The molecule has 0 saturated carbocycles. The molecule has 0 radical (unpaired) electrons. The van der Waals surface area contributed by atoms with Crippen LogP contribution in [-0.4, -0.2) is 56.4 Å². The molecule has 1 aromatic rings. The van der Waals surface area contributed by atoms with Gasteiger partial charge in [-0.2, -0.15) is 0 Å². The third-order valence-corrected chi connectivity index (χ3v) is 4.33. The van der Waals surface area contributed by atoms with Gasteiger partial charge in [0.25, 0.3) is 0 Å². The standard InChI is InChI=1S/C15H23ClN2O3/c1-10(18-6-4-17-5-7-18)15(19)11-8-13(20-2)14(21-3)9-12(11)16/h8-10,15,17,19H,4-7H2,1-3H3. The Morgan fingerprint density at radius 3 is 2.33 bits per heavy atom. The van der Waals surface area contributed by atoms with Gasteiger partial charge in [0.2, 0.25) is 0 Å². The van der Waals surface area contributed by atoms with Gasteiger partial charge in [0.05, 0.1) is 25.3 Å². The highest BCUT2D eigenvalue weighted by Gasteiger charge is 2.27. The first kappa shape index (κ1) is 16.4. The number of hydrogen-bond acceptors (Lipinski definition) is 5. The number of nitrogens with zero attached hydrogens (tertiary/aromatic N) is 1. The molecule has 0 aliphatic carbocycles. The van der Waals surface area contributed by atoms with Crippen molar-refractivity contribution in [2.45, 2.75) is 19.1 Å². The summed E-state index contributed by atoms with van der Waals surface area (Å²) in [6, 6.07) is 3.43. The van der Waals surface area contributed by atoms with Gasteiger partial charge in [-0.05, 0) is 13.0 Å². The summed E-state index contributed by atoms with van der Waals surface area (Å²) in [5, 5.41) is 14.5. The van der Waals surface area contributed by atoms with Gasteiger partial charge in [-0.3, -0.25) is 4.90 Å². The van der Waals surface area contributed by atoms with Crippen molar-refractivity contribution in [3.63, 3.8) is 0 Å². The quantitative estimate of drug-likeness (QED) is 0.866. The normalized spacial score (nSPS) is 19.1. The smallest absolute Gasteiger partial charge is 0.162 e. The molecule has 2 rings (SSSR count). The van der Waals surface area contributed by atoms with E-state index in [1.165, 1.54) is 0 Å². The lowest BCUT2D eigenvalue weighted by molar-refractivity contribution is 0.0509. The van der Waals surface area contributed by atoms with Crippen molar-refractivity contribution < 1.29 is 14.6 Å². The Hall–Kier alpha value is -1.01. The van der Waals surface area contributed by atoms with E-state index in [0.717, 1.165) is 26.2 Å². The van der Waals surface area contributed by atoms with Crippen molar-refractivity contribution >= 4 is 11.6 Å². The van der Waals surface area contributed by atoms with E-state index in [4.69, 9.17) is 21.1 Å². The summed E-state index contributed by atoms with van der Waals surface area (Å²) in [4.78, 5) is 2.26. The fraction of sp³-hybridized carbons (Fsp3) is 0.600. The molecule has 1 heterocycles. The molecule has 0 amide bonds. The second-order valence-electron chi connectivity index (χ2n) is 5.20. The summed E-state index contributed by atoms with van der Waals surface area (Å²) in [6.07, 6.45) is -0.671. The SMILES string of the molecule is COc1cc(Cl)c(C(O)C(C)N2CCNCC2)cc1OC. The number of nitrogens with one attached hydrogen (secondary N) is 1. The van der Waals surface area contributed by atoms with E-state index in [1.807, 2.05) is 6.92 Å². The van der Waals surface area contributed by atoms with E-state index < -0.39 is 6.10 Å². The predicted molar refractivity (Wildman–Crippen MR) is 83.4 cm³/mol. The van der Waals surface area contributed by atoms with Crippen LogP contribution in [0.1, 0.15) is 18.6 Å². The van der Waals surface area contributed by atoms with Crippen molar-refractivity contribution in [1.82, 2.24) is 10.2 Å². The molecule has 1 aliphatic rings. The number of rotatable bonds is 5. The monoisotopic (exact) mass is 314 g/mol. The van der Waals surface area contributed by atoms with Crippen LogP contribution in [0.3, 0.4) is 0 Å². The van der Waals surface area contributed by atoms with Gasteiger partial charge in [0.1, 0.15) is 0 Å². The van der Waals surface area contributed by atoms with Crippen molar-refractivity contribution in [3.05, 3.63) is 22.7 Å². The second-order valence-corrected chi connectivity index (χ2v) is 5.61. The molecule has 0 spiro atoms. The van der Waals surface area contributed by atoms with Crippen molar-refractivity contribution in [1.29, 1.82) is 0 Å². The number of ether oxygens (including phenoxy) is 2. The third-order valence-electron chi connectivity index (χ3n) is 4.01. The van der Waals surface area contributed by atoms with Gasteiger partial charge in [-0.25, -0.2) is 0 Å². The van der Waals surface area contributed by atoms with E-state index in [1.54, 1.807) is 26.4 Å². The molecule has 2 atom stereocenters. The lowest BCUT2D eigenvalue weighted by Crippen LogP contribution is -2.49. The van der Waals surface area contributed by atoms with Crippen LogP contribution in [0.5, 0.6) is 11.5 Å². The summed E-state index contributed by atoms with van der Waals surface area (Å²) >= 11 is 6.29. The van der Waals surface area contributed by atoms with E-state index in [2.05, 4.69) is 10.2 Å². The number of halogens is 1. The van der Waals surface area contributed by atoms with Crippen LogP contribution in [-0.2, 0) is 0 Å². The first-order chi connectivity index (χ1) is 10.1. The van der Waals surface area contributed by atoms with Gasteiger partial charge in [0.15, 0.2) is 11.5 Å². The summed E-state index contributed by atoms with van der Waals surface area (Å²) in [5.41, 5.74) is 0.667. The minimum atomic E-state index is -0.671. The first-order valence-corrected chi connectivity index (χ1v) is 7.50. The fourth-order valence-corrected chi connectivity index (χ4v) is 2.91. The molecule has 5 nitrogen and oxygen atoms in total. The molecule has 1 aromatic carbocycles. The van der Waals surface area contributed by atoms with E-state index in [0.29, 0.717) is 22.1 Å². The molecule has 0 aromatic heterocycles. The summed E-state index contributed by atoms with van der Waals surface area (Å²) in [6.45, 7) is 5.74. The average molecular weight is 315 g/mol. The number of piperazine rings is 1. The zero-order valence-electron chi connectivity index (χ0n) is 12.7. The van der Waals surface area contributed by atoms with Crippen LogP contribution in [0, 0.1) is 0 Å². The number of hydrogen-bond donors (Lipinski definition) is 2. The molecular weight excluding hydrogens is 292 g/mol. The van der Waals surface area contributed by atoms with Crippen LogP contribution < -0.4 is 14.8 Å². The van der Waals surface area contributed by atoms with Crippen molar-refractivity contribution in [2.75, 3.05) is 40.4 Å². The first-order valence-electron chi connectivity index (χ1n) is 7.12. The maximum absolute atomic E-state index is 10.7. The predicted octanol–water partition coefficient (Wildman–Crippen LogP) is 1.68. The highest BCUT2D eigenvalue weighted by Crippen LogP contribution is 2.37. The summed E-state index contributed by atoms with van der Waals surface area (Å²) in [7, 11) is 3.13. The van der Waals surface area contributed by atoms with E-state index in [9.17, 15) is 5.11 Å². The van der Waals surface area contributed by atoms with Crippen LogP contribution in [0.4, 0.5) is 0 Å². The van der Waals surface area contributed by atoms with Crippen molar-refractivity contribution in [2.24, 2.45) is 0 Å². The Morgan fingerprint density at radius 2 is 1.76 bits per heavy atom. The highest BCUT2D eigenvalue weighted by molar-refractivity contribution is 6.31. The molecule has 1 saturated heterocycles. The highest BCUT2D eigenvalue weighted by atomic mass is 35.5. The second kappa shape index (κ2) is 7.31. The van der Waals surface area contributed by atoms with E-state index in [-0.39, 0.29) is 6.04 Å². The maximum atomic E-state index is 10.7. The van der Waals surface area contributed by atoms with Gasteiger partial charge in [0, 0.05) is 43.9 Å². The zero-order chi connectivity index (χ0) is 15.4. The van der Waals surface area contributed by atoms with Gasteiger partial charge < -0.3 is 19.9 Å². The Kier molecular flexibility index (Phi) is 5.70. The average Bonchev–Trinajstić information content (AvgIpc) is 2.54. The summed E-state index contributed by atoms with van der Waals surface area (Å²) in [5.74, 6) is 1.14. The molecule has 1 fully saturated rings. The number of methoxy groups -OCH3 is 2. The van der Waals surface area contributed by atoms with Gasteiger partial charge in [-0.1, -0.05) is 11.6 Å². The molecular formula is C15H23ClN2O3. The zero-order valence-corrected chi connectivity index (χ0v) is 13.5. The minimum Gasteiger partial charge on any atom is -0.493 e. The number of aliphatic hydroxyl groups excluding tert-OH is 1. The van der Waals surface area contributed by atoms with Crippen LogP contribution in [0.15, 0.2) is 12.1 Å². The lowest BCUT2D eigenvalue weighted by atomic mass is 10.0. The Bertz CT molecular complexity index is 478. The van der Waals surface area contributed by atoms with Gasteiger partial charge >= 0.3 is 0 Å². The largest absolute Gasteiger partial charge is 0.493 e. The lowest BCUT2D eigenvalue weighted by Gasteiger charge is -2.35. The molecule has 1 aliphatic heterocycles. The molecule has 2 unspecified atom stereocenters. The molecule has 2 N–H and O–H groups in total. The van der Waals surface area contributed by atoms with Crippen LogP contribution in [0.2, 0.25) is 5.02 Å². The maximum Gasteiger partial charge on any atom is 0.162 e. The number of aliphatic hydroxyl groups is 1. The topological polar surface area (TPSA) is 54.0 Å². The van der Waals surface area contributed by atoms with Crippen LogP contribution in [0.25, 0.3) is 0 Å². The van der Waals surface area contributed by atoms with Crippen LogP contribution >= 0.6 is 11.6 Å².